The molecule has 0 spiro atoms. The minimum Gasteiger partial charge on any atom is -0.506 e. The Bertz CT molecular complexity index is 461. The number of primary amides is 3. The summed E-state index contributed by atoms with van der Waals surface area (Å²) >= 11 is 0. The molecule has 1 aromatic carbocycles. The molecule has 0 aliphatic rings. The number of nitrogens with two attached hydrogens (primary N) is 3. The molecule has 3 amide bonds. The molecule has 7 heteroatoms. The molecule has 0 fully saturated rings. The Morgan fingerprint density at radius 2 is 1.25 bits per heavy atom. The van der Waals surface area contributed by atoms with Crippen LogP contribution in [0.25, 0.3) is 0 Å². The van der Waals surface area contributed by atoms with Crippen LogP contribution in [-0.4, -0.2) is 22.8 Å². The highest BCUT2D eigenvalue weighted by Gasteiger charge is 2.18. The Hall–Kier alpha value is -2.57. The molecule has 1 rings (SSSR count). The van der Waals surface area contributed by atoms with Gasteiger partial charge in [0.15, 0.2) is 0 Å². The maximum Gasteiger partial charge on any atom is 0.252 e. The highest BCUT2D eigenvalue weighted by molar-refractivity contribution is 6.06. The molecular weight excluding hydrogens is 214 g/mol. The van der Waals surface area contributed by atoms with Gasteiger partial charge in [0.1, 0.15) is 5.75 Å². The van der Waals surface area contributed by atoms with Gasteiger partial charge in [-0.05, 0) is 12.1 Å². The van der Waals surface area contributed by atoms with Crippen molar-refractivity contribution in [3.05, 3.63) is 28.8 Å². The van der Waals surface area contributed by atoms with Crippen LogP contribution in [0.5, 0.6) is 5.75 Å². The lowest BCUT2D eigenvalue weighted by Gasteiger charge is -2.07. The van der Waals surface area contributed by atoms with Crippen LogP contribution in [0.3, 0.4) is 0 Å². The van der Waals surface area contributed by atoms with E-state index in [2.05, 4.69) is 0 Å². The summed E-state index contributed by atoms with van der Waals surface area (Å²) in [6.45, 7) is 0. The van der Waals surface area contributed by atoms with Crippen molar-refractivity contribution in [2.24, 2.45) is 17.2 Å². The summed E-state index contributed by atoms with van der Waals surface area (Å²) in [5.74, 6) is -3.53. The van der Waals surface area contributed by atoms with Crippen molar-refractivity contribution in [1.29, 1.82) is 0 Å². The van der Waals surface area contributed by atoms with Gasteiger partial charge in [-0.3, -0.25) is 14.4 Å². The first kappa shape index (κ1) is 11.5. The smallest absolute Gasteiger partial charge is 0.252 e. The van der Waals surface area contributed by atoms with E-state index in [0.29, 0.717) is 0 Å². The van der Waals surface area contributed by atoms with Gasteiger partial charge in [0.2, 0.25) is 5.91 Å². The zero-order valence-corrected chi connectivity index (χ0v) is 8.06. The molecule has 7 nitrogen and oxygen atoms in total. The normalized spacial score (nSPS) is 9.75. The van der Waals surface area contributed by atoms with E-state index in [9.17, 15) is 19.5 Å². The molecule has 0 aliphatic carbocycles. The molecule has 7 N–H and O–H groups in total. The van der Waals surface area contributed by atoms with Gasteiger partial charge in [0, 0.05) is 5.56 Å². The van der Waals surface area contributed by atoms with Crippen molar-refractivity contribution >= 4 is 17.7 Å². The highest BCUT2D eigenvalue weighted by atomic mass is 16.3. The summed E-state index contributed by atoms with van der Waals surface area (Å²) in [5.41, 5.74) is 14.0. The van der Waals surface area contributed by atoms with E-state index in [1.807, 2.05) is 0 Å². The Balaban J connectivity index is 3.57. The zero-order valence-electron chi connectivity index (χ0n) is 8.06. The van der Waals surface area contributed by atoms with Gasteiger partial charge in [-0.15, -0.1) is 0 Å². The molecule has 0 heterocycles. The second kappa shape index (κ2) is 3.89. The fraction of sp³-hybridized carbons (Fsp3) is 0. The van der Waals surface area contributed by atoms with Crippen molar-refractivity contribution < 1.29 is 19.5 Å². The standard InChI is InChI=1S/C9H9N3O4/c10-7(14)3-1-4(8(11)15)6(13)5(2-3)9(12)16/h1-2,13H,(H2,10,14)(H2,11,15)(H2,12,16). The number of phenols is 1. The van der Waals surface area contributed by atoms with Crippen LogP contribution in [0.4, 0.5) is 0 Å². The largest absolute Gasteiger partial charge is 0.506 e. The SMILES string of the molecule is NC(=O)c1cc(C(N)=O)c(O)c(C(N)=O)c1. The first-order valence-corrected chi connectivity index (χ1v) is 4.11. The molecule has 16 heavy (non-hydrogen) atoms. The third kappa shape index (κ3) is 1.92. The third-order valence-corrected chi connectivity index (χ3v) is 1.93. The number of carbonyl (C=O) groups excluding carboxylic acids is 3. The Kier molecular flexibility index (Phi) is 2.80. The van der Waals surface area contributed by atoms with Gasteiger partial charge in [0.25, 0.3) is 11.8 Å². The first-order chi connectivity index (χ1) is 7.34. The van der Waals surface area contributed by atoms with Gasteiger partial charge in [-0.2, -0.15) is 0 Å². The van der Waals surface area contributed by atoms with Crippen molar-refractivity contribution in [3.63, 3.8) is 0 Å². The predicted molar refractivity (Wildman–Crippen MR) is 53.7 cm³/mol. The quantitative estimate of drug-likeness (QED) is 0.503. The van der Waals surface area contributed by atoms with E-state index in [0.717, 1.165) is 12.1 Å². The Morgan fingerprint density at radius 3 is 1.50 bits per heavy atom. The van der Waals surface area contributed by atoms with Crippen molar-refractivity contribution in [1.82, 2.24) is 0 Å². The van der Waals surface area contributed by atoms with E-state index < -0.39 is 23.5 Å². The average molecular weight is 223 g/mol. The number of amides is 3. The molecule has 0 radical (unpaired) electrons. The minimum atomic E-state index is -0.997. The van der Waals surface area contributed by atoms with Gasteiger partial charge in [0.05, 0.1) is 11.1 Å². The maximum atomic E-state index is 10.9. The van der Waals surface area contributed by atoms with E-state index in [1.165, 1.54) is 0 Å². The topological polar surface area (TPSA) is 150 Å². The number of benzene rings is 1. The molecule has 0 saturated carbocycles. The number of hydrogen-bond acceptors (Lipinski definition) is 4. The van der Waals surface area contributed by atoms with Crippen LogP contribution in [0.15, 0.2) is 12.1 Å². The van der Waals surface area contributed by atoms with E-state index >= 15 is 0 Å². The summed E-state index contributed by atoms with van der Waals surface area (Å²) in [6.07, 6.45) is 0. The summed E-state index contributed by atoms with van der Waals surface area (Å²) in [4.78, 5) is 32.8. The van der Waals surface area contributed by atoms with Gasteiger partial charge in [-0.1, -0.05) is 0 Å². The van der Waals surface area contributed by atoms with Crippen LogP contribution in [0, 0.1) is 0 Å². The number of carbonyl (C=O) groups is 3. The molecular formula is C9H9N3O4. The fourth-order valence-corrected chi connectivity index (χ4v) is 1.15. The summed E-state index contributed by atoms with van der Waals surface area (Å²) in [6, 6.07) is 1.98. The third-order valence-electron chi connectivity index (χ3n) is 1.93. The van der Waals surface area contributed by atoms with E-state index in [-0.39, 0.29) is 16.7 Å². The minimum absolute atomic E-state index is 0.139. The number of aromatic hydroxyl groups is 1. The van der Waals surface area contributed by atoms with Crippen molar-refractivity contribution in [3.8, 4) is 5.75 Å². The van der Waals surface area contributed by atoms with Crippen LogP contribution in [0.2, 0.25) is 0 Å². The zero-order chi connectivity index (χ0) is 12.5. The maximum absolute atomic E-state index is 10.9. The van der Waals surface area contributed by atoms with Gasteiger partial charge >= 0.3 is 0 Å². The number of rotatable bonds is 3. The average Bonchev–Trinajstić information content (AvgIpc) is 2.16. The molecule has 84 valence electrons. The molecule has 1 aromatic rings. The predicted octanol–water partition coefficient (Wildman–Crippen LogP) is -1.31. The monoisotopic (exact) mass is 223 g/mol. The van der Waals surface area contributed by atoms with Crippen molar-refractivity contribution in [2.45, 2.75) is 0 Å². The number of hydrogen-bond donors (Lipinski definition) is 4. The Morgan fingerprint density at radius 1 is 0.875 bits per heavy atom. The van der Waals surface area contributed by atoms with Crippen LogP contribution in [0.1, 0.15) is 31.1 Å². The van der Waals surface area contributed by atoms with E-state index in [1.54, 1.807) is 0 Å². The lowest BCUT2D eigenvalue weighted by molar-refractivity contribution is 0.0996. The molecule has 0 aliphatic heterocycles. The van der Waals surface area contributed by atoms with Crippen LogP contribution >= 0.6 is 0 Å². The lowest BCUT2D eigenvalue weighted by atomic mass is 10.0. The van der Waals surface area contributed by atoms with Crippen LogP contribution < -0.4 is 17.2 Å². The summed E-state index contributed by atoms with van der Waals surface area (Å²) in [7, 11) is 0. The molecule has 0 saturated heterocycles. The Labute approximate surface area is 89.8 Å². The van der Waals surface area contributed by atoms with E-state index in [4.69, 9.17) is 17.2 Å². The lowest BCUT2D eigenvalue weighted by Crippen LogP contribution is -2.19. The molecule has 0 aromatic heterocycles. The second-order valence-electron chi connectivity index (χ2n) is 3.01. The second-order valence-corrected chi connectivity index (χ2v) is 3.01. The molecule has 0 bridgehead atoms. The fourth-order valence-electron chi connectivity index (χ4n) is 1.15. The summed E-state index contributed by atoms with van der Waals surface area (Å²) < 4.78 is 0. The first-order valence-electron chi connectivity index (χ1n) is 4.11. The van der Waals surface area contributed by atoms with Gasteiger partial charge < -0.3 is 22.3 Å². The molecule has 0 unspecified atom stereocenters. The van der Waals surface area contributed by atoms with Crippen LogP contribution in [-0.2, 0) is 0 Å². The van der Waals surface area contributed by atoms with Gasteiger partial charge in [-0.25, -0.2) is 0 Å². The van der Waals surface area contributed by atoms with Crippen molar-refractivity contribution in [2.75, 3.05) is 0 Å². The molecule has 0 atom stereocenters. The summed E-state index contributed by atoms with van der Waals surface area (Å²) in [5, 5.41) is 9.48. The highest BCUT2D eigenvalue weighted by Crippen LogP contribution is 2.23.